The Balaban J connectivity index is 3.49. The molecule has 0 aromatic heterocycles. The zero-order valence-corrected chi connectivity index (χ0v) is 19.3. The molecule has 0 bridgehead atoms. The van der Waals surface area contributed by atoms with Crippen molar-refractivity contribution in [3.63, 3.8) is 0 Å². The normalized spacial score (nSPS) is 12.4. The molecule has 0 saturated carbocycles. The lowest BCUT2D eigenvalue weighted by Crippen LogP contribution is -2.13. The molecule has 166 valence electrons. The molecular weight excluding hydrogens is 352 g/mol. The van der Waals surface area contributed by atoms with Gasteiger partial charge >= 0.3 is 11.9 Å². The van der Waals surface area contributed by atoms with Gasteiger partial charge in [0.25, 0.3) is 0 Å². The first-order valence-electron chi connectivity index (χ1n) is 11.6. The second-order valence-corrected chi connectivity index (χ2v) is 9.14. The summed E-state index contributed by atoms with van der Waals surface area (Å²) < 4.78 is 10.6. The molecule has 4 heteroatoms. The van der Waals surface area contributed by atoms with E-state index in [1.165, 1.54) is 25.7 Å². The summed E-state index contributed by atoms with van der Waals surface area (Å²) in [4.78, 5) is 23.4. The zero-order valence-electron chi connectivity index (χ0n) is 19.3. The van der Waals surface area contributed by atoms with Crippen LogP contribution in [0, 0.1) is 17.8 Å². The Hall–Kier alpha value is -1.06. The minimum atomic E-state index is -0.0831. The molecule has 0 radical (unpaired) electrons. The fourth-order valence-electron chi connectivity index (χ4n) is 3.08. The molecule has 0 aliphatic carbocycles. The number of carbonyl (C=O) groups excluding carboxylic acids is 2. The lowest BCUT2D eigenvalue weighted by molar-refractivity contribution is -0.145. The van der Waals surface area contributed by atoms with E-state index in [4.69, 9.17) is 9.47 Å². The van der Waals surface area contributed by atoms with Crippen LogP contribution in [0.1, 0.15) is 112 Å². The van der Waals surface area contributed by atoms with E-state index in [2.05, 4.69) is 34.6 Å². The molecule has 0 spiro atoms. The number of unbranched alkanes of at least 4 members (excludes halogenated alkanes) is 4. The van der Waals surface area contributed by atoms with Gasteiger partial charge in [-0.15, -0.1) is 0 Å². The molecule has 1 unspecified atom stereocenters. The molecule has 0 heterocycles. The van der Waals surface area contributed by atoms with Crippen molar-refractivity contribution in [1.29, 1.82) is 0 Å². The van der Waals surface area contributed by atoms with Crippen molar-refractivity contribution >= 4 is 11.9 Å². The Kier molecular flexibility index (Phi) is 17.3. The van der Waals surface area contributed by atoms with Gasteiger partial charge in [-0.05, 0) is 43.4 Å². The second kappa shape index (κ2) is 18.0. The van der Waals surface area contributed by atoms with Gasteiger partial charge in [0.2, 0.25) is 0 Å². The summed E-state index contributed by atoms with van der Waals surface area (Å²) >= 11 is 0. The van der Waals surface area contributed by atoms with Gasteiger partial charge in [0.05, 0.1) is 13.2 Å². The minimum Gasteiger partial charge on any atom is -0.466 e. The molecule has 0 aliphatic rings. The molecule has 4 nitrogen and oxygen atoms in total. The Morgan fingerprint density at radius 1 is 0.607 bits per heavy atom. The lowest BCUT2D eigenvalue weighted by Gasteiger charge is -2.12. The van der Waals surface area contributed by atoms with Crippen molar-refractivity contribution in [3.05, 3.63) is 0 Å². The van der Waals surface area contributed by atoms with Crippen LogP contribution in [0.15, 0.2) is 0 Å². The van der Waals surface area contributed by atoms with Crippen LogP contribution in [-0.4, -0.2) is 25.2 Å². The van der Waals surface area contributed by atoms with E-state index in [9.17, 15) is 9.59 Å². The predicted octanol–water partition coefficient (Wildman–Crippen LogP) is 6.70. The summed E-state index contributed by atoms with van der Waals surface area (Å²) in [7, 11) is 0. The zero-order chi connectivity index (χ0) is 21.2. The van der Waals surface area contributed by atoms with Crippen LogP contribution in [0.5, 0.6) is 0 Å². The van der Waals surface area contributed by atoms with Gasteiger partial charge in [0.1, 0.15) is 0 Å². The molecule has 28 heavy (non-hydrogen) atoms. The predicted molar refractivity (Wildman–Crippen MR) is 116 cm³/mol. The highest BCUT2D eigenvalue weighted by atomic mass is 16.5. The molecule has 0 fully saturated rings. The van der Waals surface area contributed by atoms with Crippen molar-refractivity contribution in [3.8, 4) is 0 Å². The number of carbonyl (C=O) groups is 2. The first-order chi connectivity index (χ1) is 13.3. The highest BCUT2D eigenvalue weighted by Gasteiger charge is 2.09. The van der Waals surface area contributed by atoms with Crippen molar-refractivity contribution in [1.82, 2.24) is 0 Å². The summed E-state index contributed by atoms with van der Waals surface area (Å²) in [6.45, 7) is 11.9. The van der Waals surface area contributed by atoms with Crippen LogP contribution in [-0.2, 0) is 19.1 Å². The summed E-state index contributed by atoms with van der Waals surface area (Å²) in [6, 6.07) is 0. The molecule has 0 saturated heterocycles. The molecule has 0 aliphatic heterocycles. The monoisotopic (exact) mass is 398 g/mol. The smallest absolute Gasteiger partial charge is 0.305 e. The van der Waals surface area contributed by atoms with Gasteiger partial charge in [-0.1, -0.05) is 73.1 Å². The fourth-order valence-corrected chi connectivity index (χ4v) is 3.08. The number of rotatable bonds is 18. The van der Waals surface area contributed by atoms with Crippen LogP contribution < -0.4 is 0 Å². The second-order valence-electron chi connectivity index (χ2n) is 9.14. The van der Waals surface area contributed by atoms with Crippen LogP contribution in [0.2, 0.25) is 0 Å². The Morgan fingerprint density at radius 3 is 1.61 bits per heavy atom. The van der Waals surface area contributed by atoms with Crippen LogP contribution in [0.4, 0.5) is 0 Å². The van der Waals surface area contributed by atoms with Gasteiger partial charge < -0.3 is 9.47 Å². The molecule has 0 aromatic rings. The van der Waals surface area contributed by atoms with Gasteiger partial charge in [-0.2, -0.15) is 0 Å². The first kappa shape index (κ1) is 26.9. The Labute approximate surface area is 174 Å². The quantitative estimate of drug-likeness (QED) is 0.190. The molecule has 0 aromatic carbocycles. The maximum Gasteiger partial charge on any atom is 0.305 e. The highest BCUT2D eigenvalue weighted by Crippen LogP contribution is 2.12. The Bertz CT molecular complexity index is 390. The highest BCUT2D eigenvalue weighted by molar-refractivity contribution is 5.69. The molecule has 0 rings (SSSR count). The van der Waals surface area contributed by atoms with Crippen molar-refractivity contribution in [2.45, 2.75) is 112 Å². The van der Waals surface area contributed by atoms with E-state index >= 15 is 0 Å². The first-order valence-corrected chi connectivity index (χ1v) is 11.6. The number of hydrogen-bond donors (Lipinski definition) is 0. The lowest BCUT2D eigenvalue weighted by atomic mass is 10.0. The third-order valence-electron chi connectivity index (χ3n) is 4.96. The van der Waals surface area contributed by atoms with Crippen LogP contribution in [0.3, 0.4) is 0 Å². The van der Waals surface area contributed by atoms with E-state index in [1.54, 1.807) is 0 Å². The van der Waals surface area contributed by atoms with E-state index in [1.807, 2.05) is 0 Å². The molecule has 0 amide bonds. The third-order valence-corrected chi connectivity index (χ3v) is 4.96. The number of ether oxygens (including phenoxy) is 2. The SMILES string of the molecule is CC(C)CCCCCC(=O)OCCCC(C)COC(=O)CCCCCC(C)C. The summed E-state index contributed by atoms with van der Waals surface area (Å²) in [5.74, 6) is 1.62. The van der Waals surface area contributed by atoms with Gasteiger partial charge in [0, 0.05) is 12.8 Å². The van der Waals surface area contributed by atoms with E-state index in [-0.39, 0.29) is 11.9 Å². The van der Waals surface area contributed by atoms with E-state index < -0.39 is 0 Å². The standard InChI is InChI=1S/C24H46O4/c1-20(2)13-8-6-10-16-23(25)27-18-12-15-22(5)19-28-24(26)17-11-7-9-14-21(3)4/h20-22H,6-19H2,1-5H3. The van der Waals surface area contributed by atoms with Crippen molar-refractivity contribution in [2.75, 3.05) is 13.2 Å². The summed E-state index contributed by atoms with van der Waals surface area (Å²) in [5.41, 5.74) is 0. The number of esters is 2. The van der Waals surface area contributed by atoms with Crippen LogP contribution >= 0.6 is 0 Å². The largest absolute Gasteiger partial charge is 0.466 e. The average molecular weight is 399 g/mol. The number of hydrogen-bond acceptors (Lipinski definition) is 4. The molecule has 0 N–H and O–H groups in total. The van der Waals surface area contributed by atoms with Gasteiger partial charge in [-0.25, -0.2) is 0 Å². The average Bonchev–Trinajstić information content (AvgIpc) is 2.62. The van der Waals surface area contributed by atoms with Crippen molar-refractivity contribution < 1.29 is 19.1 Å². The topological polar surface area (TPSA) is 52.6 Å². The molecule has 1 atom stereocenters. The third kappa shape index (κ3) is 19.7. The minimum absolute atomic E-state index is 0.0823. The Morgan fingerprint density at radius 2 is 1.11 bits per heavy atom. The fraction of sp³-hybridized carbons (Fsp3) is 0.917. The maximum atomic E-state index is 11.8. The summed E-state index contributed by atoms with van der Waals surface area (Å²) in [6.07, 6.45) is 11.7. The maximum absolute atomic E-state index is 11.8. The molecular formula is C24H46O4. The van der Waals surface area contributed by atoms with E-state index in [0.717, 1.165) is 50.4 Å². The van der Waals surface area contributed by atoms with Crippen molar-refractivity contribution in [2.24, 2.45) is 17.8 Å². The van der Waals surface area contributed by atoms with Gasteiger partial charge in [0.15, 0.2) is 0 Å². The van der Waals surface area contributed by atoms with Crippen LogP contribution in [0.25, 0.3) is 0 Å². The van der Waals surface area contributed by atoms with Gasteiger partial charge in [-0.3, -0.25) is 9.59 Å². The summed E-state index contributed by atoms with van der Waals surface area (Å²) in [5, 5.41) is 0. The van der Waals surface area contributed by atoms with E-state index in [0.29, 0.717) is 32.0 Å².